The fourth-order valence-electron chi connectivity index (χ4n) is 0.790. The second kappa shape index (κ2) is 6.22. The molecule has 0 aliphatic heterocycles. The van der Waals surface area contributed by atoms with E-state index in [0.717, 1.165) is 6.07 Å². The SMILES string of the molecule is O=C([O-])C(=O)O.[NH3+]c1ccc(Cl)c(C(F)(F)F)c1. The van der Waals surface area contributed by atoms with Crippen LogP contribution in [0.3, 0.4) is 0 Å². The van der Waals surface area contributed by atoms with Crippen molar-refractivity contribution in [3.63, 3.8) is 0 Å². The number of benzene rings is 1. The van der Waals surface area contributed by atoms with Crippen molar-refractivity contribution in [1.82, 2.24) is 0 Å². The Morgan fingerprint density at radius 3 is 2.06 bits per heavy atom. The predicted octanol–water partition coefficient (Wildman–Crippen LogP) is 0.0531. The topological polar surface area (TPSA) is 105 Å². The molecule has 0 heterocycles. The average molecular weight is 286 g/mol. The minimum atomic E-state index is -4.40. The number of hydrogen-bond donors (Lipinski definition) is 2. The van der Waals surface area contributed by atoms with Gasteiger partial charge in [0.25, 0.3) is 0 Å². The Hall–Kier alpha value is -1.80. The highest BCUT2D eigenvalue weighted by Crippen LogP contribution is 2.35. The molecule has 0 aliphatic carbocycles. The van der Waals surface area contributed by atoms with Crippen molar-refractivity contribution in [3.8, 4) is 0 Å². The lowest BCUT2D eigenvalue weighted by atomic mass is 10.2. The molecule has 4 N–H and O–H groups in total. The van der Waals surface area contributed by atoms with Crippen molar-refractivity contribution < 1.29 is 38.7 Å². The number of halogens is 4. The van der Waals surface area contributed by atoms with Crippen LogP contribution in [0.25, 0.3) is 0 Å². The quantitative estimate of drug-likeness (QED) is 0.657. The molecule has 0 bridgehead atoms. The minimum absolute atomic E-state index is 0.296. The summed E-state index contributed by atoms with van der Waals surface area (Å²) in [5.74, 6) is -4.01. The maximum atomic E-state index is 12.1. The highest BCUT2D eigenvalue weighted by Gasteiger charge is 2.33. The first kappa shape index (κ1) is 16.2. The van der Waals surface area contributed by atoms with Crippen molar-refractivity contribution in [2.45, 2.75) is 6.18 Å². The molecule has 1 rings (SSSR count). The number of quaternary nitrogens is 1. The van der Waals surface area contributed by atoms with Crippen molar-refractivity contribution >= 4 is 29.2 Å². The van der Waals surface area contributed by atoms with Gasteiger partial charge in [-0.3, -0.25) is 0 Å². The molecule has 100 valence electrons. The molecule has 9 heteroatoms. The van der Waals surface area contributed by atoms with E-state index in [1.807, 2.05) is 0 Å². The van der Waals surface area contributed by atoms with Gasteiger partial charge in [-0.1, -0.05) is 11.6 Å². The first-order chi connectivity index (χ1) is 8.05. The summed E-state index contributed by atoms with van der Waals surface area (Å²) in [5, 5.41) is 16.0. The molecular weight excluding hydrogens is 279 g/mol. The summed E-state index contributed by atoms with van der Waals surface area (Å²) >= 11 is 5.33. The van der Waals surface area contributed by atoms with Crippen molar-refractivity contribution in [3.05, 3.63) is 28.8 Å². The molecule has 0 fully saturated rings. The summed E-state index contributed by atoms with van der Waals surface area (Å²) in [4.78, 5) is 18.0. The Bertz CT molecular complexity index is 450. The fraction of sp³-hybridized carbons (Fsp3) is 0.111. The van der Waals surface area contributed by atoms with Gasteiger partial charge >= 0.3 is 12.1 Å². The van der Waals surface area contributed by atoms with Gasteiger partial charge in [-0.25, -0.2) is 4.79 Å². The number of hydrogen-bond acceptors (Lipinski definition) is 3. The maximum absolute atomic E-state index is 12.1. The monoisotopic (exact) mass is 285 g/mol. The van der Waals surface area contributed by atoms with Gasteiger partial charge in [-0.2, -0.15) is 13.2 Å². The Morgan fingerprint density at radius 2 is 1.78 bits per heavy atom. The van der Waals surface area contributed by atoms with E-state index in [1.165, 1.54) is 12.1 Å². The third-order valence-corrected chi connectivity index (χ3v) is 1.84. The molecule has 0 aliphatic rings. The first-order valence-corrected chi connectivity index (χ1v) is 4.56. The normalized spacial score (nSPS) is 10.3. The standard InChI is InChI=1S/C7H5ClF3N.C2H2O4/c8-6-2-1-4(12)3-5(6)7(9,10)11;3-1(4)2(5)6/h1-3H,12H2;(H,3,4)(H,5,6). The van der Waals surface area contributed by atoms with Crippen molar-refractivity contribution in [2.75, 3.05) is 0 Å². The summed E-state index contributed by atoms with van der Waals surface area (Å²) in [6.45, 7) is 0. The van der Waals surface area contributed by atoms with E-state index >= 15 is 0 Å². The molecule has 18 heavy (non-hydrogen) atoms. The van der Waals surface area contributed by atoms with Gasteiger partial charge in [0.15, 0.2) is 5.97 Å². The molecule has 1 aromatic carbocycles. The van der Waals surface area contributed by atoms with Crippen LogP contribution in [0.4, 0.5) is 18.9 Å². The van der Waals surface area contributed by atoms with E-state index < -0.39 is 23.7 Å². The zero-order valence-electron chi connectivity index (χ0n) is 8.62. The smallest absolute Gasteiger partial charge is 0.418 e. The number of carboxylic acid groups (broad SMARTS) is 2. The van der Waals surface area contributed by atoms with Crippen LogP contribution >= 0.6 is 11.6 Å². The molecule has 0 aromatic heterocycles. The van der Waals surface area contributed by atoms with Gasteiger partial charge in [0.05, 0.1) is 10.6 Å². The Kier molecular flexibility index (Phi) is 5.60. The molecule has 5 nitrogen and oxygen atoms in total. The summed E-state index contributed by atoms with van der Waals surface area (Å²) in [7, 11) is 0. The fourth-order valence-corrected chi connectivity index (χ4v) is 1.01. The summed E-state index contributed by atoms with van der Waals surface area (Å²) in [5.41, 5.74) is 2.84. The predicted molar refractivity (Wildman–Crippen MR) is 51.6 cm³/mol. The third-order valence-electron chi connectivity index (χ3n) is 1.51. The van der Waals surface area contributed by atoms with E-state index in [0.29, 0.717) is 5.69 Å². The Balaban J connectivity index is 0.000000411. The number of alkyl halides is 3. The summed E-state index contributed by atoms with van der Waals surface area (Å²) in [6, 6.07) is 3.53. The second-order valence-electron chi connectivity index (χ2n) is 2.90. The van der Waals surface area contributed by atoms with E-state index in [4.69, 9.17) is 31.4 Å². The Labute approximate surface area is 104 Å². The largest absolute Gasteiger partial charge is 0.539 e. The molecule has 0 spiro atoms. The zero-order chi connectivity index (χ0) is 14.5. The van der Waals surface area contributed by atoms with Crippen LogP contribution < -0.4 is 10.8 Å². The number of rotatable bonds is 0. The molecule has 0 saturated heterocycles. The highest BCUT2D eigenvalue weighted by atomic mass is 35.5. The van der Waals surface area contributed by atoms with Crippen LogP contribution in [0.5, 0.6) is 0 Å². The van der Waals surface area contributed by atoms with E-state index in [9.17, 15) is 13.2 Å². The minimum Gasteiger partial charge on any atom is -0.539 e. The molecule has 0 amide bonds. The van der Waals surface area contributed by atoms with Crippen molar-refractivity contribution in [2.24, 2.45) is 0 Å². The van der Waals surface area contributed by atoms with E-state index in [-0.39, 0.29) is 5.02 Å². The van der Waals surface area contributed by atoms with Crippen LogP contribution in [0, 0.1) is 0 Å². The molecule has 0 unspecified atom stereocenters. The van der Waals surface area contributed by atoms with Crippen LogP contribution in [-0.2, 0) is 15.8 Å². The number of carbonyl (C=O) groups is 2. The van der Waals surface area contributed by atoms with Gasteiger partial charge in [-0.15, -0.1) is 0 Å². The number of aliphatic carboxylic acids is 2. The lowest BCUT2D eigenvalue weighted by Crippen LogP contribution is -2.40. The second-order valence-corrected chi connectivity index (χ2v) is 3.31. The van der Waals surface area contributed by atoms with Crippen LogP contribution in [-0.4, -0.2) is 17.0 Å². The number of carbonyl (C=O) groups excluding carboxylic acids is 1. The summed E-state index contributed by atoms with van der Waals surface area (Å²) in [6.07, 6.45) is -4.40. The lowest BCUT2D eigenvalue weighted by Gasteiger charge is -2.07. The van der Waals surface area contributed by atoms with Gasteiger partial charge < -0.3 is 20.7 Å². The van der Waals surface area contributed by atoms with Crippen LogP contribution in [0.2, 0.25) is 5.02 Å². The molecule has 0 radical (unpaired) electrons. The van der Waals surface area contributed by atoms with Crippen LogP contribution in [0.15, 0.2) is 18.2 Å². The van der Waals surface area contributed by atoms with Crippen LogP contribution in [0.1, 0.15) is 5.56 Å². The average Bonchev–Trinajstić information content (AvgIpc) is 2.21. The highest BCUT2D eigenvalue weighted by molar-refractivity contribution is 6.31. The van der Waals surface area contributed by atoms with Gasteiger partial charge in [0.1, 0.15) is 5.69 Å². The third kappa shape index (κ3) is 5.51. The van der Waals surface area contributed by atoms with Gasteiger partial charge in [0.2, 0.25) is 0 Å². The van der Waals surface area contributed by atoms with Crippen molar-refractivity contribution in [1.29, 1.82) is 0 Å². The summed E-state index contributed by atoms with van der Waals surface area (Å²) < 4.78 is 36.3. The first-order valence-electron chi connectivity index (χ1n) is 4.18. The lowest BCUT2D eigenvalue weighted by molar-refractivity contribution is -0.303. The molecule has 0 atom stereocenters. The van der Waals surface area contributed by atoms with E-state index in [1.54, 1.807) is 0 Å². The molecule has 0 saturated carbocycles. The van der Waals surface area contributed by atoms with E-state index in [2.05, 4.69) is 5.73 Å². The Morgan fingerprint density at radius 1 is 1.33 bits per heavy atom. The molecule has 1 aromatic rings. The van der Waals surface area contributed by atoms with Gasteiger partial charge in [0, 0.05) is 12.1 Å². The van der Waals surface area contributed by atoms with Gasteiger partial charge in [-0.05, 0) is 6.07 Å². The number of carboxylic acids is 2. The molecular formula is C9H7ClF3NO4. The zero-order valence-corrected chi connectivity index (χ0v) is 9.38. The maximum Gasteiger partial charge on any atom is 0.418 e.